The van der Waals surface area contributed by atoms with Crippen LogP contribution in [0, 0.1) is 0 Å². The fourth-order valence-corrected chi connectivity index (χ4v) is 1.01. The molecule has 1 aromatic rings. The lowest BCUT2D eigenvalue weighted by molar-refractivity contribution is -0.141. The van der Waals surface area contributed by atoms with Crippen molar-refractivity contribution in [1.82, 2.24) is 4.98 Å². The van der Waals surface area contributed by atoms with Gasteiger partial charge < -0.3 is 15.8 Å². The number of nitrogens with two attached hydrogens (primary N) is 1. The number of nitrogens with one attached hydrogen (secondary N) is 1. The minimum atomic E-state index is -0.426. The Morgan fingerprint density at radius 2 is 2.43 bits per heavy atom. The first-order valence-electron chi connectivity index (χ1n) is 4.19. The SMILES string of the molecule is COC(=O)C(C)Nc1ccncc1N. The predicted molar refractivity (Wildman–Crippen MR) is 53.8 cm³/mol. The summed E-state index contributed by atoms with van der Waals surface area (Å²) < 4.78 is 4.57. The van der Waals surface area contributed by atoms with Crippen molar-refractivity contribution in [3.8, 4) is 0 Å². The maximum Gasteiger partial charge on any atom is 0.327 e. The molecule has 0 amide bonds. The monoisotopic (exact) mass is 195 g/mol. The molecule has 76 valence electrons. The average molecular weight is 195 g/mol. The summed E-state index contributed by atoms with van der Waals surface area (Å²) >= 11 is 0. The number of ether oxygens (including phenoxy) is 1. The molecule has 5 heteroatoms. The molecule has 14 heavy (non-hydrogen) atoms. The quantitative estimate of drug-likeness (QED) is 0.692. The maximum absolute atomic E-state index is 11.1. The molecule has 0 aromatic carbocycles. The number of nitrogens with zero attached hydrogens (tertiary/aromatic N) is 1. The van der Waals surface area contributed by atoms with Gasteiger partial charge in [0.2, 0.25) is 0 Å². The van der Waals surface area contributed by atoms with Crippen molar-refractivity contribution in [2.24, 2.45) is 0 Å². The Morgan fingerprint density at radius 1 is 1.71 bits per heavy atom. The zero-order valence-electron chi connectivity index (χ0n) is 8.15. The number of hydrogen-bond acceptors (Lipinski definition) is 5. The molecule has 1 heterocycles. The van der Waals surface area contributed by atoms with Crippen LogP contribution in [0.3, 0.4) is 0 Å². The number of methoxy groups -OCH3 is 1. The number of rotatable bonds is 3. The summed E-state index contributed by atoms with van der Waals surface area (Å²) in [7, 11) is 1.34. The third kappa shape index (κ3) is 2.35. The van der Waals surface area contributed by atoms with Crippen LogP contribution in [0.1, 0.15) is 6.92 Å². The summed E-state index contributed by atoms with van der Waals surface area (Å²) in [6.45, 7) is 1.70. The molecule has 0 fully saturated rings. The number of esters is 1. The fourth-order valence-electron chi connectivity index (χ4n) is 1.01. The van der Waals surface area contributed by atoms with Crippen molar-refractivity contribution in [2.75, 3.05) is 18.2 Å². The van der Waals surface area contributed by atoms with E-state index in [0.29, 0.717) is 11.4 Å². The summed E-state index contributed by atoms with van der Waals surface area (Å²) in [5.41, 5.74) is 6.81. The number of nitrogen functional groups attached to an aromatic ring is 1. The largest absolute Gasteiger partial charge is 0.467 e. The average Bonchev–Trinajstić information content (AvgIpc) is 2.20. The van der Waals surface area contributed by atoms with Crippen LogP contribution in [0.25, 0.3) is 0 Å². The van der Waals surface area contributed by atoms with E-state index in [1.165, 1.54) is 13.3 Å². The number of aromatic nitrogens is 1. The minimum absolute atomic E-state index is 0.332. The lowest BCUT2D eigenvalue weighted by Crippen LogP contribution is -2.27. The molecule has 0 aliphatic heterocycles. The first kappa shape index (κ1) is 10.3. The highest BCUT2D eigenvalue weighted by atomic mass is 16.5. The summed E-state index contributed by atoms with van der Waals surface area (Å²) in [6.07, 6.45) is 3.12. The Balaban J connectivity index is 2.69. The van der Waals surface area contributed by atoms with Crippen molar-refractivity contribution >= 4 is 17.3 Å². The highest BCUT2D eigenvalue weighted by Crippen LogP contribution is 2.16. The smallest absolute Gasteiger partial charge is 0.327 e. The first-order valence-corrected chi connectivity index (χ1v) is 4.19. The van der Waals surface area contributed by atoms with E-state index in [9.17, 15) is 4.79 Å². The normalized spacial score (nSPS) is 11.9. The van der Waals surface area contributed by atoms with Crippen LogP contribution in [0.2, 0.25) is 0 Å². The second kappa shape index (κ2) is 4.45. The van der Waals surface area contributed by atoms with E-state index in [-0.39, 0.29) is 5.97 Å². The summed E-state index contributed by atoms with van der Waals surface area (Å²) in [5, 5.41) is 2.92. The molecule has 1 aromatic heterocycles. The van der Waals surface area contributed by atoms with E-state index in [4.69, 9.17) is 5.73 Å². The molecule has 1 unspecified atom stereocenters. The number of anilines is 2. The van der Waals surface area contributed by atoms with Gasteiger partial charge in [0, 0.05) is 6.20 Å². The molecule has 0 saturated heterocycles. The highest BCUT2D eigenvalue weighted by molar-refractivity contribution is 5.80. The van der Waals surface area contributed by atoms with Crippen LogP contribution in [0.5, 0.6) is 0 Å². The van der Waals surface area contributed by atoms with Gasteiger partial charge in [0.1, 0.15) is 6.04 Å². The van der Waals surface area contributed by atoms with Crippen molar-refractivity contribution < 1.29 is 9.53 Å². The van der Waals surface area contributed by atoms with Gasteiger partial charge in [0.25, 0.3) is 0 Å². The highest BCUT2D eigenvalue weighted by Gasteiger charge is 2.13. The van der Waals surface area contributed by atoms with Gasteiger partial charge in [0.15, 0.2) is 0 Å². The molecule has 0 radical (unpaired) electrons. The third-order valence-corrected chi connectivity index (χ3v) is 1.78. The lowest BCUT2D eigenvalue weighted by Gasteiger charge is -2.13. The van der Waals surface area contributed by atoms with Crippen LogP contribution in [-0.4, -0.2) is 24.1 Å². The Morgan fingerprint density at radius 3 is 3.00 bits per heavy atom. The molecule has 3 N–H and O–H groups in total. The van der Waals surface area contributed by atoms with Crippen LogP contribution in [-0.2, 0) is 9.53 Å². The second-order valence-corrected chi connectivity index (χ2v) is 2.85. The predicted octanol–water partition coefficient (Wildman–Crippen LogP) is 0.637. The second-order valence-electron chi connectivity index (χ2n) is 2.85. The lowest BCUT2D eigenvalue weighted by atomic mass is 10.3. The van der Waals surface area contributed by atoms with Crippen molar-refractivity contribution in [3.05, 3.63) is 18.5 Å². The number of pyridine rings is 1. The topological polar surface area (TPSA) is 77.2 Å². The van der Waals surface area contributed by atoms with E-state index in [0.717, 1.165) is 0 Å². The summed E-state index contributed by atoms with van der Waals surface area (Å²) in [5.74, 6) is -0.332. The van der Waals surface area contributed by atoms with Crippen molar-refractivity contribution in [3.63, 3.8) is 0 Å². The molecule has 5 nitrogen and oxygen atoms in total. The van der Waals surface area contributed by atoms with Gasteiger partial charge in [-0.1, -0.05) is 0 Å². The molecule has 0 aliphatic rings. The Kier molecular flexibility index (Phi) is 3.28. The third-order valence-electron chi connectivity index (χ3n) is 1.78. The molecule has 0 saturated carbocycles. The number of carbonyl (C=O) groups is 1. The minimum Gasteiger partial charge on any atom is -0.467 e. The van der Waals surface area contributed by atoms with E-state index in [2.05, 4.69) is 15.0 Å². The standard InChI is InChI=1S/C9H13N3O2/c1-6(9(13)14-2)12-8-3-4-11-5-7(8)10/h3-6H,10H2,1-2H3,(H,11,12). The van der Waals surface area contributed by atoms with Gasteiger partial charge in [-0.2, -0.15) is 0 Å². The Labute approximate surface area is 82.3 Å². The van der Waals surface area contributed by atoms with Gasteiger partial charge in [0.05, 0.1) is 24.7 Å². The van der Waals surface area contributed by atoms with Crippen molar-refractivity contribution in [1.29, 1.82) is 0 Å². The van der Waals surface area contributed by atoms with E-state index >= 15 is 0 Å². The fraction of sp³-hybridized carbons (Fsp3) is 0.333. The Bertz CT molecular complexity index is 328. The zero-order valence-corrected chi connectivity index (χ0v) is 8.15. The number of carbonyl (C=O) groups excluding carboxylic acids is 1. The van der Waals surface area contributed by atoms with E-state index in [1.807, 2.05) is 0 Å². The van der Waals surface area contributed by atoms with Crippen LogP contribution < -0.4 is 11.1 Å². The van der Waals surface area contributed by atoms with Crippen molar-refractivity contribution in [2.45, 2.75) is 13.0 Å². The zero-order chi connectivity index (χ0) is 10.6. The molecule has 0 bridgehead atoms. The molecule has 0 spiro atoms. The molecule has 1 atom stereocenters. The molecular formula is C9H13N3O2. The first-order chi connectivity index (χ1) is 6.65. The maximum atomic E-state index is 11.1. The molecule has 0 aliphatic carbocycles. The van der Waals surface area contributed by atoms with E-state index in [1.54, 1.807) is 19.2 Å². The van der Waals surface area contributed by atoms with Crippen LogP contribution in [0.4, 0.5) is 11.4 Å². The van der Waals surface area contributed by atoms with Gasteiger partial charge in [-0.15, -0.1) is 0 Å². The summed E-state index contributed by atoms with van der Waals surface area (Å²) in [4.78, 5) is 14.9. The van der Waals surface area contributed by atoms with Gasteiger partial charge in [-0.3, -0.25) is 4.98 Å². The molecule has 1 rings (SSSR count). The summed E-state index contributed by atoms with van der Waals surface area (Å²) in [6, 6.07) is 1.28. The van der Waals surface area contributed by atoms with Crippen LogP contribution in [0.15, 0.2) is 18.5 Å². The van der Waals surface area contributed by atoms with Gasteiger partial charge >= 0.3 is 5.97 Å². The van der Waals surface area contributed by atoms with Crippen LogP contribution >= 0.6 is 0 Å². The van der Waals surface area contributed by atoms with Gasteiger partial charge in [-0.05, 0) is 13.0 Å². The van der Waals surface area contributed by atoms with E-state index < -0.39 is 6.04 Å². The number of hydrogen-bond donors (Lipinski definition) is 2. The van der Waals surface area contributed by atoms with Gasteiger partial charge in [-0.25, -0.2) is 4.79 Å². The Hall–Kier alpha value is -1.78. The molecular weight excluding hydrogens is 182 g/mol.